The third kappa shape index (κ3) is 10.8. The second-order valence-electron chi connectivity index (χ2n) is 12.8. The molecule has 2 aromatic carbocycles. The molecule has 0 spiro atoms. The van der Waals surface area contributed by atoms with Crippen LogP contribution in [0.3, 0.4) is 0 Å². The SMILES string of the molecule is CC(=O)O[C@@H](C(=O)Nc1ccc(C#N)c(CN(C(=O)OC(C)(C)C)C(=O)OC(C)(C)C)c1)[C@H]1OCCN(c2cc(F)ccc2OC(F)F)C1=O. The van der Waals surface area contributed by atoms with Crippen LogP contribution in [0, 0.1) is 17.1 Å². The van der Waals surface area contributed by atoms with Crippen LogP contribution in [0.1, 0.15) is 59.6 Å². The average Bonchev–Trinajstić information content (AvgIpc) is 2.98. The zero-order valence-electron chi connectivity index (χ0n) is 28.4. The summed E-state index contributed by atoms with van der Waals surface area (Å²) in [6.07, 6.45) is -5.91. The van der Waals surface area contributed by atoms with E-state index >= 15 is 0 Å². The van der Waals surface area contributed by atoms with Crippen LogP contribution in [0.4, 0.5) is 34.1 Å². The first-order valence-electron chi connectivity index (χ1n) is 15.1. The van der Waals surface area contributed by atoms with Gasteiger partial charge in [-0.15, -0.1) is 0 Å². The van der Waals surface area contributed by atoms with Gasteiger partial charge in [-0.1, -0.05) is 0 Å². The summed E-state index contributed by atoms with van der Waals surface area (Å²) in [6, 6.07) is 8.32. The lowest BCUT2D eigenvalue weighted by atomic mass is 10.1. The number of hydrogen-bond acceptors (Lipinski definition) is 11. The van der Waals surface area contributed by atoms with E-state index in [-0.39, 0.29) is 35.7 Å². The molecule has 0 aliphatic carbocycles. The number of morpholine rings is 1. The number of carbonyl (C=O) groups excluding carboxylic acids is 5. The van der Waals surface area contributed by atoms with Gasteiger partial charge in [-0.25, -0.2) is 18.9 Å². The quantitative estimate of drug-likeness (QED) is 0.266. The lowest BCUT2D eigenvalue weighted by Gasteiger charge is -2.35. The first-order valence-corrected chi connectivity index (χ1v) is 15.1. The summed E-state index contributed by atoms with van der Waals surface area (Å²) in [4.78, 5) is 66.8. The molecular formula is C33H37F3N4O10. The molecule has 0 bridgehead atoms. The molecule has 1 saturated heterocycles. The first kappa shape index (κ1) is 39.1. The number of nitrogens with zero attached hydrogens (tertiary/aromatic N) is 3. The number of alkyl halides is 2. The van der Waals surface area contributed by atoms with Crippen LogP contribution >= 0.6 is 0 Å². The topological polar surface area (TPSA) is 174 Å². The van der Waals surface area contributed by atoms with Crippen LogP contribution in [-0.4, -0.2) is 78.0 Å². The van der Waals surface area contributed by atoms with Crippen molar-refractivity contribution in [1.82, 2.24) is 4.90 Å². The molecule has 1 aliphatic rings. The fraction of sp³-hybridized carbons (Fsp3) is 0.455. The highest BCUT2D eigenvalue weighted by Gasteiger charge is 2.43. The molecule has 0 saturated carbocycles. The molecule has 50 heavy (non-hydrogen) atoms. The number of nitriles is 1. The smallest absolute Gasteiger partial charge is 0.420 e. The zero-order valence-corrected chi connectivity index (χ0v) is 28.4. The van der Waals surface area contributed by atoms with E-state index in [4.69, 9.17) is 18.9 Å². The molecule has 0 radical (unpaired) electrons. The largest absolute Gasteiger partial charge is 0.449 e. The molecule has 0 aromatic heterocycles. The lowest BCUT2D eigenvalue weighted by molar-refractivity contribution is -0.167. The number of amides is 4. The summed E-state index contributed by atoms with van der Waals surface area (Å²) in [6.45, 7) is 6.12. The third-order valence-corrected chi connectivity index (χ3v) is 6.43. The minimum Gasteiger partial charge on any atom is -0.449 e. The van der Waals surface area contributed by atoms with Gasteiger partial charge in [-0.3, -0.25) is 14.4 Å². The van der Waals surface area contributed by atoms with E-state index in [0.29, 0.717) is 4.90 Å². The van der Waals surface area contributed by atoms with Crippen LogP contribution in [-0.2, 0) is 39.9 Å². The number of benzene rings is 2. The third-order valence-electron chi connectivity index (χ3n) is 6.43. The van der Waals surface area contributed by atoms with Crippen molar-refractivity contribution in [3.63, 3.8) is 0 Å². The van der Waals surface area contributed by atoms with Gasteiger partial charge in [0.25, 0.3) is 11.8 Å². The van der Waals surface area contributed by atoms with Crippen molar-refractivity contribution in [3.05, 3.63) is 53.3 Å². The number of rotatable bonds is 9. The molecule has 3 rings (SSSR count). The maximum Gasteiger partial charge on any atom is 0.420 e. The van der Waals surface area contributed by atoms with Crippen molar-refractivity contribution in [1.29, 1.82) is 5.26 Å². The van der Waals surface area contributed by atoms with E-state index in [0.717, 1.165) is 30.0 Å². The number of imide groups is 1. The zero-order chi connectivity index (χ0) is 37.6. The summed E-state index contributed by atoms with van der Waals surface area (Å²) in [5.41, 5.74) is -2.32. The van der Waals surface area contributed by atoms with E-state index in [1.807, 2.05) is 6.07 Å². The molecule has 0 unspecified atom stereocenters. The van der Waals surface area contributed by atoms with Crippen LogP contribution in [0.5, 0.6) is 5.75 Å². The molecule has 2 atom stereocenters. The summed E-state index contributed by atoms with van der Waals surface area (Å²) >= 11 is 0. The summed E-state index contributed by atoms with van der Waals surface area (Å²) in [7, 11) is 0. The fourth-order valence-corrected chi connectivity index (χ4v) is 4.52. The second kappa shape index (κ2) is 15.9. The molecular weight excluding hydrogens is 669 g/mol. The Morgan fingerprint density at radius 2 is 1.66 bits per heavy atom. The van der Waals surface area contributed by atoms with E-state index in [1.54, 1.807) is 41.5 Å². The second-order valence-corrected chi connectivity index (χ2v) is 12.8. The molecule has 1 fully saturated rings. The van der Waals surface area contributed by atoms with E-state index in [9.17, 15) is 42.4 Å². The van der Waals surface area contributed by atoms with Gasteiger partial charge in [0, 0.05) is 25.2 Å². The van der Waals surface area contributed by atoms with Crippen LogP contribution in [0.15, 0.2) is 36.4 Å². The van der Waals surface area contributed by atoms with Gasteiger partial charge in [0.1, 0.15) is 22.8 Å². The van der Waals surface area contributed by atoms with Crippen molar-refractivity contribution in [2.45, 2.75) is 85.0 Å². The predicted molar refractivity (Wildman–Crippen MR) is 168 cm³/mol. The van der Waals surface area contributed by atoms with Crippen molar-refractivity contribution < 1.29 is 60.8 Å². The van der Waals surface area contributed by atoms with Crippen molar-refractivity contribution in [3.8, 4) is 11.8 Å². The highest BCUT2D eigenvalue weighted by atomic mass is 19.3. The normalized spacial score (nSPS) is 15.4. The number of esters is 1. The van der Waals surface area contributed by atoms with Gasteiger partial charge in [-0.05, 0) is 77.4 Å². The summed E-state index contributed by atoms with van der Waals surface area (Å²) in [5, 5.41) is 12.2. The molecule has 17 heteroatoms. The predicted octanol–water partition coefficient (Wildman–Crippen LogP) is 5.27. The van der Waals surface area contributed by atoms with Crippen LogP contribution < -0.4 is 15.0 Å². The standard InChI is InChI=1S/C33H37F3N4O10/c1-18(41)47-25(26-28(43)39(12-13-46-26)23-15-21(34)9-11-24(23)48-29(35)36)27(42)38-22-10-8-19(16-37)20(14-22)17-40(30(44)49-32(2,3)4)31(45)50-33(5,6)7/h8-11,14-15,25-26,29H,12-13,17H2,1-7H3,(H,38,42)/t25-,26-/m1/s1. The number of ether oxygens (including phenoxy) is 5. The van der Waals surface area contributed by atoms with Gasteiger partial charge in [0.05, 0.1) is 30.5 Å². The Morgan fingerprint density at radius 1 is 1.04 bits per heavy atom. The van der Waals surface area contributed by atoms with Gasteiger partial charge in [0.2, 0.25) is 6.10 Å². The summed E-state index contributed by atoms with van der Waals surface area (Å²) < 4.78 is 66.1. The Labute approximate surface area is 285 Å². The fourth-order valence-electron chi connectivity index (χ4n) is 4.52. The van der Waals surface area contributed by atoms with E-state index in [2.05, 4.69) is 10.1 Å². The van der Waals surface area contributed by atoms with Gasteiger partial charge in [-0.2, -0.15) is 14.0 Å². The van der Waals surface area contributed by atoms with Gasteiger partial charge in [0.15, 0.2) is 6.10 Å². The van der Waals surface area contributed by atoms with Crippen molar-refractivity contribution in [2.75, 3.05) is 23.4 Å². The van der Waals surface area contributed by atoms with Gasteiger partial charge >= 0.3 is 24.8 Å². The number of halogens is 3. The van der Waals surface area contributed by atoms with Crippen molar-refractivity contribution >= 4 is 41.3 Å². The molecule has 270 valence electrons. The minimum absolute atomic E-state index is 0.00926. The Balaban J connectivity index is 1.94. The number of anilines is 2. The summed E-state index contributed by atoms with van der Waals surface area (Å²) in [5.74, 6) is -4.51. The molecule has 1 heterocycles. The Morgan fingerprint density at radius 3 is 2.20 bits per heavy atom. The average molecular weight is 707 g/mol. The minimum atomic E-state index is -3.30. The molecule has 1 aliphatic heterocycles. The highest BCUT2D eigenvalue weighted by molar-refractivity contribution is 6.05. The molecule has 1 N–H and O–H groups in total. The van der Waals surface area contributed by atoms with Gasteiger partial charge < -0.3 is 33.9 Å². The maximum atomic E-state index is 14.1. The lowest BCUT2D eigenvalue weighted by Crippen LogP contribution is -2.56. The number of carbonyl (C=O) groups is 5. The van der Waals surface area contributed by atoms with Crippen LogP contribution in [0.2, 0.25) is 0 Å². The molecule has 2 aromatic rings. The Hall–Kier alpha value is -5.37. The maximum absolute atomic E-state index is 14.1. The van der Waals surface area contributed by atoms with E-state index < -0.39 is 78.1 Å². The monoisotopic (exact) mass is 706 g/mol. The first-order chi connectivity index (χ1) is 23.2. The molecule has 4 amide bonds. The van der Waals surface area contributed by atoms with E-state index in [1.165, 1.54) is 18.2 Å². The highest BCUT2D eigenvalue weighted by Crippen LogP contribution is 2.33. The Kier molecular flexibility index (Phi) is 12.4. The number of hydrogen-bond donors (Lipinski definition) is 1. The molecule has 14 nitrogen and oxygen atoms in total. The Bertz CT molecular complexity index is 1640. The number of nitrogens with one attached hydrogen (secondary N) is 1. The van der Waals surface area contributed by atoms with Crippen molar-refractivity contribution in [2.24, 2.45) is 0 Å². The van der Waals surface area contributed by atoms with Crippen LogP contribution in [0.25, 0.3) is 0 Å².